The third-order valence-electron chi connectivity index (χ3n) is 5.74. The number of carbonyl (C=O) groups is 2. The second-order valence-electron chi connectivity index (χ2n) is 8.03. The Balaban J connectivity index is 1.45. The Morgan fingerprint density at radius 2 is 1.55 bits per heavy atom. The number of aryl methyl sites for hydroxylation is 1. The number of hydrogen-bond donors (Lipinski definition) is 2. The van der Waals surface area contributed by atoms with Crippen molar-refractivity contribution in [1.29, 1.82) is 0 Å². The molecule has 0 aromatic heterocycles. The van der Waals surface area contributed by atoms with Crippen molar-refractivity contribution in [2.45, 2.75) is 19.8 Å². The van der Waals surface area contributed by atoms with Gasteiger partial charge in [-0.3, -0.25) is 9.59 Å². The molecule has 5 heteroatoms. The predicted molar refractivity (Wildman–Crippen MR) is 133 cm³/mol. The standard InChI is InChI=1S/C28H26N2O3/c1-18-15-24(12-14-26(18)30-28(32)20-7-5-4-6-8-20)29-27(31)19(2)21-9-10-23-17-25(33-3)13-11-22(23)16-21/h4-17,19H,1-3H3,(H,29,31)(H,30,32)/t19-/m0/s1. The van der Waals surface area contributed by atoms with Gasteiger partial charge < -0.3 is 15.4 Å². The first-order valence-electron chi connectivity index (χ1n) is 10.8. The van der Waals surface area contributed by atoms with Crippen LogP contribution in [0.3, 0.4) is 0 Å². The first-order chi connectivity index (χ1) is 15.9. The van der Waals surface area contributed by atoms with Gasteiger partial charge in [0, 0.05) is 16.9 Å². The van der Waals surface area contributed by atoms with E-state index in [0.29, 0.717) is 16.9 Å². The number of anilines is 2. The maximum Gasteiger partial charge on any atom is 0.255 e. The maximum atomic E-state index is 12.9. The number of nitrogens with one attached hydrogen (secondary N) is 2. The van der Waals surface area contributed by atoms with Gasteiger partial charge in [0.25, 0.3) is 5.91 Å². The number of ether oxygens (including phenoxy) is 1. The average molecular weight is 439 g/mol. The van der Waals surface area contributed by atoms with E-state index >= 15 is 0 Å². The van der Waals surface area contributed by atoms with Crippen molar-refractivity contribution in [2.75, 3.05) is 17.7 Å². The highest BCUT2D eigenvalue weighted by Crippen LogP contribution is 2.27. The van der Waals surface area contributed by atoms with Crippen LogP contribution in [0.25, 0.3) is 10.8 Å². The van der Waals surface area contributed by atoms with E-state index in [1.165, 1.54) is 0 Å². The molecule has 5 nitrogen and oxygen atoms in total. The molecule has 4 rings (SSSR count). The fraction of sp³-hybridized carbons (Fsp3) is 0.143. The SMILES string of the molecule is COc1ccc2cc([C@H](C)C(=O)Nc3ccc(NC(=O)c4ccccc4)c(C)c3)ccc2c1. The van der Waals surface area contributed by atoms with Crippen LogP contribution in [0.1, 0.15) is 34.3 Å². The van der Waals surface area contributed by atoms with Crippen molar-refractivity contribution in [3.05, 3.63) is 102 Å². The lowest BCUT2D eigenvalue weighted by Crippen LogP contribution is -2.19. The van der Waals surface area contributed by atoms with Gasteiger partial charge in [0.2, 0.25) is 5.91 Å². The van der Waals surface area contributed by atoms with E-state index in [-0.39, 0.29) is 17.7 Å². The smallest absolute Gasteiger partial charge is 0.255 e. The highest BCUT2D eigenvalue weighted by Gasteiger charge is 2.17. The fourth-order valence-electron chi connectivity index (χ4n) is 3.71. The van der Waals surface area contributed by atoms with E-state index in [1.807, 2.05) is 74.5 Å². The molecule has 2 amide bonds. The lowest BCUT2D eigenvalue weighted by Gasteiger charge is -2.15. The molecular formula is C28H26N2O3. The van der Waals surface area contributed by atoms with Gasteiger partial charge in [-0.15, -0.1) is 0 Å². The minimum absolute atomic E-state index is 0.0941. The van der Waals surface area contributed by atoms with E-state index in [0.717, 1.165) is 27.6 Å². The van der Waals surface area contributed by atoms with E-state index in [1.54, 1.807) is 31.4 Å². The lowest BCUT2D eigenvalue weighted by molar-refractivity contribution is -0.117. The van der Waals surface area contributed by atoms with Crippen molar-refractivity contribution >= 4 is 34.0 Å². The van der Waals surface area contributed by atoms with Crippen LogP contribution in [0, 0.1) is 6.92 Å². The normalized spacial score (nSPS) is 11.6. The highest BCUT2D eigenvalue weighted by atomic mass is 16.5. The third kappa shape index (κ3) is 5.04. The molecule has 4 aromatic rings. The number of benzene rings is 4. The van der Waals surface area contributed by atoms with E-state index in [4.69, 9.17) is 4.74 Å². The van der Waals surface area contributed by atoms with Gasteiger partial charge in [-0.05, 0) is 78.2 Å². The molecule has 33 heavy (non-hydrogen) atoms. The molecule has 0 aliphatic rings. The fourth-order valence-corrected chi connectivity index (χ4v) is 3.71. The van der Waals surface area contributed by atoms with Crippen LogP contribution in [0.15, 0.2) is 84.9 Å². The average Bonchev–Trinajstić information content (AvgIpc) is 2.85. The molecule has 0 saturated heterocycles. The molecule has 0 saturated carbocycles. The number of hydrogen-bond acceptors (Lipinski definition) is 3. The Bertz CT molecular complexity index is 1320. The van der Waals surface area contributed by atoms with Gasteiger partial charge in [0.15, 0.2) is 0 Å². The molecule has 0 bridgehead atoms. The number of amides is 2. The summed E-state index contributed by atoms with van der Waals surface area (Å²) in [5, 5.41) is 8.03. The second-order valence-corrected chi connectivity index (χ2v) is 8.03. The van der Waals surface area contributed by atoms with Crippen LogP contribution >= 0.6 is 0 Å². The van der Waals surface area contributed by atoms with E-state index in [9.17, 15) is 9.59 Å². The van der Waals surface area contributed by atoms with Gasteiger partial charge in [0.1, 0.15) is 5.75 Å². The quantitative estimate of drug-likeness (QED) is 0.379. The summed E-state index contributed by atoms with van der Waals surface area (Å²) < 4.78 is 5.28. The molecular weight excluding hydrogens is 412 g/mol. The largest absolute Gasteiger partial charge is 0.497 e. The molecule has 0 fully saturated rings. The molecule has 1 atom stereocenters. The Morgan fingerprint density at radius 3 is 2.27 bits per heavy atom. The van der Waals surface area contributed by atoms with Crippen LogP contribution in [-0.2, 0) is 4.79 Å². The summed E-state index contributed by atoms with van der Waals surface area (Å²) >= 11 is 0. The minimum atomic E-state index is -0.325. The lowest BCUT2D eigenvalue weighted by atomic mass is 9.97. The topological polar surface area (TPSA) is 67.4 Å². The highest BCUT2D eigenvalue weighted by molar-refractivity contribution is 6.05. The zero-order chi connectivity index (χ0) is 23.4. The Hall–Kier alpha value is -4.12. The number of rotatable bonds is 6. The maximum absolute atomic E-state index is 12.9. The summed E-state index contributed by atoms with van der Waals surface area (Å²) in [5.74, 6) is 0.218. The van der Waals surface area contributed by atoms with Gasteiger partial charge in [-0.25, -0.2) is 0 Å². The molecule has 0 radical (unpaired) electrons. The second kappa shape index (κ2) is 9.57. The van der Waals surface area contributed by atoms with Crippen LogP contribution < -0.4 is 15.4 Å². The van der Waals surface area contributed by atoms with Crippen molar-refractivity contribution in [2.24, 2.45) is 0 Å². The van der Waals surface area contributed by atoms with Gasteiger partial charge in [-0.1, -0.05) is 42.5 Å². The molecule has 2 N–H and O–H groups in total. The van der Waals surface area contributed by atoms with E-state index in [2.05, 4.69) is 10.6 Å². The first-order valence-corrected chi connectivity index (χ1v) is 10.8. The zero-order valence-electron chi connectivity index (χ0n) is 18.9. The van der Waals surface area contributed by atoms with Crippen molar-refractivity contribution in [3.8, 4) is 5.75 Å². The Labute approximate surface area is 193 Å². The van der Waals surface area contributed by atoms with Gasteiger partial charge in [-0.2, -0.15) is 0 Å². The summed E-state index contributed by atoms with van der Waals surface area (Å²) in [4.78, 5) is 25.3. The number of carbonyl (C=O) groups excluding carboxylic acids is 2. The van der Waals surface area contributed by atoms with Gasteiger partial charge in [0.05, 0.1) is 13.0 Å². The van der Waals surface area contributed by atoms with Crippen LogP contribution in [0.5, 0.6) is 5.75 Å². The molecule has 0 aliphatic heterocycles. The molecule has 166 valence electrons. The van der Waals surface area contributed by atoms with Crippen molar-refractivity contribution in [3.63, 3.8) is 0 Å². The molecule has 0 unspecified atom stereocenters. The van der Waals surface area contributed by atoms with Crippen LogP contribution in [-0.4, -0.2) is 18.9 Å². The summed E-state index contributed by atoms with van der Waals surface area (Å²) in [6.07, 6.45) is 0. The molecule has 0 heterocycles. The summed E-state index contributed by atoms with van der Waals surface area (Å²) in [7, 11) is 1.65. The van der Waals surface area contributed by atoms with Crippen molar-refractivity contribution in [1.82, 2.24) is 0 Å². The van der Waals surface area contributed by atoms with Crippen LogP contribution in [0.2, 0.25) is 0 Å². The minimum Gasteiger partial charge on any atom is -0.497 e. The molecule has 0 aliphatic carbocycles. The van der Waals surface area contributed by atoms with Crippen LogP contribution in [0.4, 0.5) is 11.4 Å². The van der Waals surface area contributed by atoms with Gasteiger partial charge >= 0.3 is 0 Å². The molecule has 4 aromatic carbocycles. The van der Waals surface area contributed by atoms with E-state index < -0.39 is 0 Å². The summed E-state index contributed by atoms with van der Waals surface area (Å²) in [6, 6.07) is 26.4. The first kappa shape index (κ1) is 22.1. The van der Waals surface area contributed by atoms with Crippen molar-refractivity contribution < 1.29 is 14.3 Å². The number of methoxy groups -OCH3 is 1. The Morgan fingerprint density at radius 1 is 0.818 bits per heavy atom. The predicted octanol–water partition coefficient (Wildman–Crippen LogP) is 6.15. The third-order valence-corrected chi connectivity index (χ3v) is 5.74. The summed E-state index contributed by atoms with van der Waals surface area (Å²) in [6.45, 7) is 3.79. The molecule has 0 spiro atoms. The zero-order valence-corrected chi connectivity index (χ0v) is 18.9. The monoisotopic (exact) mass is 438 g/mol. The summed E-state index contributed by atoms with van der Waals surface area (Å²) in [5.41, 5.74) is 3.79. The number of fused-ring (bicyclic) bond motifs is 1. The Kier molecular flexibility index (Phi) is 6.41.